The van der Waals surface area contributed by atoms with Gasteiger partial charge in [0.15, 0.2) is 5.65 Å². The molecular formula is C18H12N6O2. The third kappa shape index (κ3) is 1.81. The van der Waals surface area contributed by atoms with Crippen molar-refractivity contribution in [3.05, 3.63) is 60.0 Å². The minimum Gasteiger partial charge on any atom is -0.361 e. The van der Waals surface area contributed by atoms with Crippen LogP contribution in [-0.4, -0.2) is 37.0 Å². The van der Waals surface area contributed by atoms with E-state index < -0.39 is 11.8 Å². The van der Waals surface area contributed by atoms with E-state index in [9.17, 15) is 9.59 Å². The molecule has 0 aliphatic carbocycles. The Morgan fingerprint density at radius 1 is 0.962 bits per heavy atom. The molecule has 4 N–H and O–H groups in total. The highest BCUT2D eigenvalue weighted by Crippen LogP contribution is 2.38. The molecule has 26 heavy (non-hydrogen) atoms. The molecule has 1 aliphatic rings. The van der Waals surface area contributed by atoms with E-state index in [1.54, 1.807) is 24.5 Å². The van der Waals surface area contributed by atoms with E-state index in [-0.39, 0.29) is 11.1 Å². The summed E-state index contributed by atoms with van der Waals surface area (Å²) in [5.41, 5.74) is 2.81. The summed E-state index contributed by atoms with van der Waals surface area (Å²) in [5.74, 6) is 4.60. The van der Waals surface area contributed by atoms with Crippen LogP contribution < -0.4 is 5.84 Å². The van der Waals surface area contributed by atoms with E-state index >= 15 is 0 Å². The highest BCUT2D eigenvalue weighted by atomic mass is 16.2. The Hall–Kier alpha value is -3.78. The Bertz CT molecular complexity index is 1150. The molecule has 0 radical (unpaired) electrons. The van der Waals surface area contributed by atoms with Crippen LogP contribution in [0.1, 0.15) is 11.3 Å². The topological polar surface area (TPSA) is 121 Å². The second-order valence-corrected chi connectivity index (χ2v) is 5.95. The molecule has 8 heteroatoms. The summed E-state index contributed by atoms with van der Waals surface area (Å²) in [6.07, 6.45) is 3.32. The van der Waals surface area contributed by atoms with E-state index in [1.165, 1.54) is 0 Å². The van der Waals surface area contributed by atoms with Crippen LogP contribution in [0.25, 0.3) is 33.1 Å². The summed E-state index contributed by atoms with van der Waals surface area (Å²) >= 11 is 0. The number of nitrogens with one attached hydrogen (secondary N) is 2. The number of amides is 2. The molecule has 126 valence electrons. The van der Waals surface area contributed by atoms with Gasteiger partial charge in [-0.15, -0.1) is 0 Å². The van der Waals surface area contributed by atoms with Gasteiger partial charge in [0.05, 0.1) is 16.8 Å². The number of aromatic nitrogens is 4. The van der Waals surface area contributed by atoms with E-state index in [2.05, 4.69) is 20.2 Å². The van der Waals surface area contributed by atoms with Crippen LogP contribution in [0, 0.1) is 0 Å². The second-order valence-electron chi connectivity index (χ2n) is 5.95. The molecule has 2 amide bonds. The van der Waals surface area contributed by atoms with Crippen molar-refractivity contribution in [2.24, 2.45) is 5.84 Å². The highest BCUT2D eigenvalue weighted by molar-refractivity contribution is 6.50. The molecule has 1 aromatic carbocycles. The fourth-order valence-corrected chi connectivity index (χ4v) is 3.35. The number of para-hydroxylation sites is 1. The lowest BCUT2D eigenvalue weighted by atomic mass is 9.98. The number of benzene rings is 1. The predicted octanol–water partition coefficient (Wildman–Crippen LogP) is 1.59. The number of pyridine rings is 1. The number of carbonyl (C=O) groups is 2. The minimum atomic E-state index is -0.579. The number of rotatable bonds is 2. The Morgan fingerprint density at radius 2 is 1.73 bits per heavy atom. The molecule has 1 aliphatic heterocycles. The Kier molecular flexibility index (Phi) is 2.86. The molecule has 4 heterocycles. The maximum atomic E-state index is 12.8. The number of hydrazine groups is 1. The Balaban J connectivity index is 1.86. The molecule has 8 nitrogen and oxygen atoms in total. The molecule has 0 saturated carbocycles. The van der Waals surface area contributed by atoms with Crippen molar-refractivity contribution >= 4 is 44.9 Å². The lowest BCUT2D eigenvalue weighted by Gasteiger charge is -2.05. The van der Waals surface area contributed by atoms with Crippen molar-refractivity contribution in [1.82, 2.24) is 25.2 Å². The van der Waals surface area contributed by atoms with Gasteiger partial charge in [-0.25, -0.2) is 15.8 Å². The highest BCUT2D eigenvalue weighted by Gasteiger charge is 2.40. The van der Waals surface area contributed by atoms with Crippen LogP contribution in [0.15, 0.2) is 48.8 Å². The molecule has 0 fully saturated rings. The quantitative estimate of drug-likeness (QED) is 0.290. The van der Waals surface area contributed by atoms with E-state index in [0.29, 0.717) is 27.3 Å². The van der Waals surface area contributed by atoms with E-state index in [0.717, 1.165) is 10.9 Å². The summed E-state index contributed by atoms with van der Waals surface area (Å²) in [5, 5.41) is 9.07. The van der Waals surface area contributed by atoms with Crippen molar-refractivity contribution in [1.29, 1.82) is 0 Å². The molecule has 3 aromatic heterocycles. The normalized spacial score (nSPS) is 15.0. The standard InChI is InChI=1S/C18H12N6O2/c19-24-17(25)13(11-8-21-12-6-2-1-4-9(11)12)14(18(24)26)15-10-5-3-7-20-16(10)23-22-15/h1-8,21H,19H2,(H,20,22,23). The summed E-state index contributed by atoms with van der Waals surface area (Å²) in [4.78, 5) is 32.8. The fraction of sp³-hybridized carbons (Fsp3) is 0. The number of imide groups is 1. The van der Waals surface area contributed by atoms with Crippen molar-refractivity contribution in [3.63, 3.8) is 0 Å². The smallest absolute Gasteiger partial charge is 0.278 e. The summed E-state index contributed by atoms with van der Waals surface area (Å²) < 4.78 is 0. The van der Waals surface area contributed by atoms with E-state index in [1.807, 2.05) is 24.3 Å². The number of nitrogens with zero attached hydrogens (tertiary/aromatic N) is 3. The van der Waals surface area contributed by atoms with Crippen molar-refractivity contribution < 1.29 is 9.59 Å². The zero-order valence-corrected chi connectivity index (χ0v) is 13.4. The zero-order valence-electron chi connectivity index (χ0n) is 13.4. The van der Waals surface area contributed by atoms with Gasteiger partial charge >= 0.3 is 0 Å². The first kappa shape index (κ1) is 14.6. The molecule has 4 aromatic rings. The number of carbonyl (C=O) groups excluding carboxylic acids is 2. The lowest BCUT2D eigenvalue weighted by Crippen LogP contribution is -2.37. The molecular weight excluding hydrogens is 332 g/mol. The largest absolute Gasteiger partial charge is 0.361 e. The first-order valence-corrected chi connectivity index (χ1v) is 7.90. The summed E-state index contributed by atoms with van der Waals surface area (Å²) in [6.45, 7) is 0. The van der Waals surface area contributed by atoms with Gasteiger partial charge < -0.3 is 4.98 Å². The average molecular weight is 344 g/mol. The number of hydrogen-bond donors (Lipinski definition) is 3. The third-order valence-electron chi connectivity index (χ3n) is 4.55. The average Bonchev–Trinajstić information content (AvgIpc) is 3.33. The van der Waals surface area contributed by atoms with Gasteiger partial charge in [-0.05, 0) is 18.2 Å². The molecule has 0 bridgehead atoms. The molecule has 0 spiro atoms. The molecule has 0 unspecified atom stereocenters. The Morgan fingerprint density at radius 3 is 2.62 bits per heavy atom. The first-order chi connectivity index (χ1) is 12.7. The van der Waals surface area contributed by atoms with E-state index in [4.69, 9.17) is 5.84 Å². The minimum absolute atomic E-state index is 0.192. The van der Waals surface area contributed by atoms with Crippen LogP contribution in [0.3, 0.4) is 0 Å². The van der Waals surface area contributed by atoms with Crippen LogP contribution >= 0.6 is 0 Å². The molecule has 0 atom stereocenters. The van der Waals surface area contributed by atoms with Crippen LogP contribution in [0.5, 0.6) is 0 Å². The van der Waals surface area contributed by atoms with Gasteiger partial charge in [-0.1, -0.05) is 18.2 Å². The third-order valence-corrected chi connectivity index (χ3v) is 4.55. The number of nitrogens with two attached hydrogens (primary N) is 1. The van der Waals surface area contributed by atoms with Crippen LogP contribution in [0.4, 0.5) is 0 Å². The maximum absolute atomic E-state index is 12.8. The van der Waals surface area contributed by atoms with Gasteiger partial charge in [0.1, 0.15) is 0 Å². The van der Waals surface area contributed by atoms with Gasteiger partial charge in [-0.3, -0.25) is 14.7 Å². The van der Waals surface area contributed by atoms with Crippen molar-refractivity contribution in [2.45, 2.75) is 0 Å². The predicted molar refractivity (Wildman–Crippen MR) is 95.0 cm³/mol. The first-order valence-electron chi connectivity index (χ1n) is 7.90. The fourth-order valence-electron chi connectivity index (χ4n) is 3.35. The van der Waals surface area contributed by atoms with Crippen molar-refractivity contribution in [2.75, 3.05) is 0 Å². The molecule has 0 saturated heterocycles. The summed E-state index contributed by atoms with van der Waals surface area (Å²) in [7, 11) is 0. The van der Waals surface area contributed by atoms with Gasteiger partial charge in [0, 0.05) is 34.2 Å². The lowest BCUT2D eigenvalue weighted by molar-refractivity contribution is -0.136. The van der Waals surface area contributed by atoms with Gasteiger partial charge in [-0.2, -0.15) is 5.10 Å². The SMILES string of the molecule is NN1C(=O)C(c2[nH]nc3ncccc23)=C(c2c[nH]c3ccccc23)C1=O. The second kappa shape index (κ2) is 5.11. The maximum Gasteiger partial charge on any atom is 0.278 e. The zero-order chi connectivity index (χ0) is 17.8. The summed E-state index contributed by atoms with van der Waals surface area (Å²) in [6, 6.07) is 11.1. The Labute approximate surface area is 146 Å². The monoisotopic (exact) mass is 344 g/mol. The van der Waals surface area contributed by atoms with Crippen LogP contribution in [-0.2, 0) is 9.59 Å². The van der Waals surface area contributed by atoms with Crippen LogP contribution in [0.2, 0.25) is 0 Å². The number of H-pyrrole nitrogens is 2. The number of aromatic amines is 2. The van der Waals surface area contributed by atoms with Gasteiger partial charge in [0.2, 0.25) is 0 Å². The molecule has 5 rings (SSSR count). The number of hydrogen-bond acceptors (Lipinski definition) is 5. The van der Waals surface area contributed by atoms with Gasteiger partial charge in [0.25, 0.3) is 11.8 Å². The van der Waals surface area contributed by atoms with Crippen molar-refractivity contribution in [3.8, 4) is 0 Å². The number of fused-ring (bicyclic) bond motifs is 2.